The summed E-state index contributed by atoms with van der Waals surface area (Å²) in [5.74, 6) is 0. The molecule has 0 aliphatic carbocycles. The van der Waals surface area contributed by atoms with Gasteiger partial charge in [-0.2, -0.15) is 0 Å². The summed E-state index contributed by atoms with van der Waals surface area (Å²) in [6.07, 6.45) is 4.29. The normalized spacial score (nSPS) is 10.6. The minimum Gasteiger partial charge on any atom is -0.340 e. The van der Waals surface area contributed by atoms with Crippen LogP contribution in [0.3, 0.4) is 0 Å². The number of rotatable bonds is 1. The van der Waals surface area contributed by atoms with Crippen LogP contribution in [0, 0.1) is 0 Å². The van der Waals surface area contributed by atoms with E-state index in [9.17, 15) is 4.79 Å². The van der Waals surface area contributed by atoms with E-state index in [0.29, 0.717) is 5.69 Å². The van der Waals surface area contributed by atoms with Gasteiger partial charge in [0.1, 0.15) is 0 Å². The molecule has 0 fully saturated rings. The number of carbonyl (C=O) groups excluding carboxylic acids is 1. The first-order valence-corrected chi connectivity index (χ1v) is 4.58. The van der Waals surface area contributed by atoms with Gasteiger partial charge in [0.2, 0.25) is 0 Å². The molecule has 0 aliphatic heterocycles. The number of fused-ring (bicyclic) bond motifs is 1. The smallest absolute Gasteiger partial charge is 0.167 e. The first kappa shape index (κ1) is 8.44. The van der Waals surface area contributed by atoms with E-state index in [2.05, 4.69) is 20.9 Å². The lowest BCUT2D eigenvalue weighted by atomic mass is 10.3. The zero-order chi connectivity index (χ0) is 9.42. The molecule has 0 aliphatic rings. The van der Waals surface area contributed by atoms with Crippen LogP contribution in [-0.4, -0.2) is 15.8 Å². The van der Waals surface area contributed by atoms with Gasteiger partial charge < -0.3 is 4.57 Å². The van der Waals surface area contributed by atoms with Crippen LogP contribution in [0.4, 0.5) is 0 Å². The summed E-state index contributed by atoms with van der Waals surface area (Å²) in [7, 11) is 1.86. The minimum atomic E-state index is 0.642. The Morgan fingerprint density at radius 1 is 1.62 bits per heavy atom. The molecule has 13 heavy (non-hydrogen) atoms. The Bertz CT molecular complexity index is 437. The van der Waals surface area contributed by atoms with Gasteiger partial charge in [0, 0.05) is 24.8 Å². The lowest BCUT2D eigenvalue weighted by Gasteiger charge is -1.95. The van der Waals surface area contributed by atoms with Crippen LogP contribution in [0.2, 0.25) is 0 Å². The highest BCUT2D eigenvalue weighted by atomic mass is 79.9. The number of hydrogen-bond acceptors (Lipinski definition) is 2. The highest BCUT2D eigenvalue weighted by Crippen LogP contribution is 2.28. The van der Waals surface area contributed by atoms with Crippen molar-refractivity contribution in [1.29, 1.82) is 0 Å². The molecule has 2 heterocycles. The van der Waals surface area contributed by atoms with Crippen molar-refractivity contribution >= 4 is 33.1 Å². The Morgan fingerprint density at radius 2 is 2.38 bits per heavy atom. The molecule has 0 N–H and O–H groups in total. The maximum Gasteiger partial charge on any atom is 0.167 e. The van der Waals surface area contributed by atoms with Gasteiger partial charge in [0.15, 0.2) is 6.29 Å². The number of hydrogen-bond donors (Lipinski definition) is 0. The van der Waals surface area contributed by atoms with Gasteiger partial charge >= 0.3 is 0 Å². The summed E-state index contributed by atoms with van der Waals surface area (Å²) in [6, 6.07) is 1.88. The molecule has 0 spiro atoms. The predicted octanol–water partition coefficient (Wildman–Crippen LogP) is 2.15. The molecule has 0 unspecified atom stereocenters. The fourth-order valence-electron chi connectivity index (χ4n) is 1.39. The third-order valence-corrected chi connectivity index (χ3v) is 2.93. The van der Waals surface area contributed by atoms with Crippen LogP contribution >= 0.6 is 15.9 Å². The fourth-order valence-corrected chi connectivity index (χ4v) is 2.06. The van der Waals surface area contributed by atoms with Crippen molar-refractivity contribution in [1.82, 2.24) is 9.55 Å². The monoisotopic (exact) mass is 238 g/mol. The number of aromatic nitrogens is 2. The van der Waals surface area contributed by atoms with Gasteiger partial charge in [-0.15, -0.1) is 0 Å². The van der Waals surface area contributed by atoms with Gasteiger partial charge in [-0.3, -0.25) is 9.78 Å². The molecule has 0 saturated heterocycles. The van der Waals surface area contributed by atoms with E-state index < -0.39 is 0 Å². The molecule has 0 radical (unpaired) electrons. The SMILES string of the molecule is Cn1c(C=O)c(Br)c2cnccc21. The number of pyridine rings is 1. The van der Waals surface area contributed by atoms with E-state index in [0.717, 1.165) is 21.7 Å². The summed E-state index contributed by atoms with van der Waals surface area (Å²) >= 11 is 3.37. The van der Waals surface area contributed by atoms with E-state index in [4.69, 9.17) is 0 Å². The molecule has 0 saturated carbocycles. The Kier molecular flexibility index (Phi) is 1.92. The van der Waals surface area contributed by atoms with Crippen molar-refractivity contribution in [2.45, 2.75) is 0 Å². The Hall–Kier alpha value is -1.16. The topological polar surface area (TPSA) is 34.9 Å². The predicted molar refractivity (Wildman–Crippen MR) is 53.8 cm³/mol. The van der Waals surface area contributed by atoms with Crippen molar-refractivity contribution in [2.24, 2.45) is 7.05 Å². The second kappa shape index (κ2) is 2.96. The van der Waals surface area contributed by atoms with E-state index >= 15 is 0 Å². The third kappa shape index (κ3) is 1.09. The molecule has 2 aromatic heterocycles. The van der Waals surface area contributed by atoms with E-state index in [1.807, 2.05) is 17.7 Å². The Morgan fingerprint density at radius 3 is 3.00 bits per heavy atom. The van der Waals surface area contributed by atoms with Crippen LogP contribution in [-0.2, 0) is 7.05 Å². The molecule has 4 heteroatoms. The lowest BCUT2D eigenvalue weighted by molar-refractivity contribution is 0.111. The second-order valence-electron chi connectivity index (χ2n) is 2.77. The number of halogens is 1. The van der Waals surface area contributed by atoms with Crippen LogP contribution < -0.4 is 0 Å². The molecular weight excluding hydrogens is 232 g/mol. The largest absolute Gasteiger partial charge is 0.340 e. The molecule has 0 aromatic carbocycles. The van der Waals surface area contributed by atoms with Crippen molar-refractivity contribution in [3.8, 4) is 0 Å². The molecule has 0 atom stereocenters. The number of carbonyl (C=O) groups is 1. The molecule has 2 rings (SSSR count). The highest BCUT2D eigenvalue weighted by Gasteiger charge is 2.11. The molecule has 2 aromatic rings. The fraction of sp³-hybridized carbons (Fsp3) is 0.111. The van der Waals surface area contributed by atoms with Gasteiger partial charge in [0.25, 0.3) is 0 Å². The highest BCUT2D eigenvalue weighted by molar-refractivity contribution is 9.10. The van der Waals surface area contributed by atoms with Crippen molar-refractivity contribution < 1.29 is 4.79 Å². The molecule has 0 amide bonds. The van der Waals surface area contributed by atoms with Crippen LogP contribution in [0.15, 0.2) is 22.9 Å². The summed E-state index contributed by atoms with van der Waals surface area (Å²) in [4.78, 5) is 14.7. The number of aryl methyl sites for hydroxylation is 1. The van der Waals surface area contributed by atoms with Crippen molar-refractivity contribution in [3.05, 3.63) is 28.6 Å². The maximum atomic E-state index is 10.7. The summed E-state index contributed by atoms with van der Waals surface area (Å²) < 4.78 is 2.65. The first-order valence-electron chi connectivity index (χ1n) is 3.78. The standard InChI is InChI=1S/C9H7BrN2O/c1-12-7-2-3-11-4-6(7)9(10)8(12)5-13/h2-5H,1H3. The average molecular weight is 239 g/mol. The van der Waals surface area contributed by atoms with Crippen LogP contribution in [0.25, 0.3) is 10.9 Å². The molecule has 0 bridgehead atoms. The van der Waals surface area contributed by atoms with E-state index in [-0.39, 0.29) is 0 Å². The van der Waals surface area contributed by atoms with Crippen molar-refractivity contribution in [3.63, 3.8) is 0 Å². The summed E-state index contributed by atoms with van der Waals surface area (Å²) in [6.45, 7) is 0. The van der Waals surface area contributed by atoms with Crippen molar-refractivity contribution in [2.75, 3.05) is 0 Å². The molecule has 3 nitrogen and oxygen atoms in total. The minimum absolute atomic E-state index is 0.642. The van der Waals surface area contributed by atoms with Gasteiger partial charge in [-0.05, 0) is 22.0 Å². The number of nitrogens with zero attached hydrogens (tertiary/aromatic N) is 2. The Balaban J connectivity index is 2.96. The summed E-state index contributed by atoms with van der Waals surface area (Å²) in [5.41, 5.74) is 1.65. The van der Waals surface area contributed by atoms with Gasteiger partial charge in [0.05, 0.1) is 15.7 Å². The van der Waals surface area contributed by atoms with Crippen LogP contribution in [0.1, 0.15) is 10.5 Å². The zero-order valence-electron chi connectivity index (χ0n) is 6.99. The molecular formula is C9H7BrN2O. The van der Waals surface area contributed by atoms with E-state index in [1.54, 1.807) is 12.4 Å². The number of aldehydes is 1. The lowest BCUT2D eigenvalue weighted by Crippen LogP contribution is -1.93. The third-order valence-electron chi connectivity index (χ3n) is 2.09. The van der Waals surface area contributed by atoms with E-state index in [1.165, 1.54) is 0 Å². The van der Waals surface area contributed by atoms with Gasteiger partial charge in [-0.25, -0.2) is 0 Å². The average Bonchev–Trinajstić information content (AvgIpc) is 2.41. The van der Waals surface area contributed by atoms with Gasteiger partial charge in [-0.1, -0.05) is 0 Å². The zero-order valence-corrected chi connectivity index (χ0v) is 8.58. The Labute approximate surface area is 83.5 Å². The maximum absolute atomic E-state index is 10.7. The molecule has 66 valence electrons. The first-order chi connectivity index (χ1) is 6.25. The quantitative estimate of drug-likeness (QED) is 0.714. The summed E-state index contributed by atoms with van der Waals surface area (Å²) in [5, 5.41) is 0.965. The van der Waals surface area contributed by atoms with Crippen LogP contribution in [0.5, 0.6) is 0 Å². The second-order valence-corrected chi connectivity index (χ2v) is 3.56.